The van der Waals surface area contributed by atoms with Crippen molar-refractivity contribution in [3.8, 4) is 0 Å². The SMILES string of the molecule is [LiH].[PbH2].[Ti][Te]. The van der Waals surface area contributed by atoms with E-state index in [4.69, 9.17) is 0 Å². The molecule has 4 heteroatoms. The van der Waals surface area contributed by atoms with E-state index in [1.807, 2.05) is 35.7 Å². The van der Waals surface area contributed by atoms with Gasteiger partial charge < -0.3 is 0 Å². The Balaban J connectivity index is -0.00000000500. The molecule has 3 radical (unpaired) electrons. The molecular formula is H3LiPbTeTi. The molecule has 0 rings (SSSR count). The number of hydrogen-bond donors (Lipinski definition) is 0. The fourth-order valence-electron chi connectivity index (χ4n) is 0. The van der Waals surface area contributed by atoms with Gasteiger partial charge in [0.1, 0.15) is 0 Å². The Bertz CT molecular complexity index is 8.00. The van der Waals surface area contributed by atoms with E-state index in [2.05, 4.69) is 0 Å². The average molecular weight is 393 g/mol. The molecule has 0 bridgehead atoms. The molecule has 0 N–H and O–H groups in total. The number of hydrogen-bond acceptors (Lipinski definition) is 0. The van der Waals surface area contributed by atoms with Gasteiger partial charge in [0, 0.05) is 0 Å². The first-order valence-corrected chi connectivity index (χ1v) is 5.65. The van der Waals surface area contributed by atoms with Crippen molar-refractivity contribution in [2.45, 2.75) is 0 Å². The summed E-state index contributed by atoms with van der Waals surface area (Å²) >= 11 is 3.96. The van der Waals surface area contributed by atoms with Gasteiger partial charge in [-0.2, -0.15) is 0 Å². The van der Waals surface area contributed by atoms with E-state index in [1.54, 1.807) is 0 Å². The van der Waals surface area contributed by atoms with Crippen molar-refractivity contribution in [3.63, 3.8) is 0 Å². The fourth-order valence-corrected chi connectivity index (χ4v) is 0. The van der Waals surface area contributed by atoms with Gasteiger partial charge in [0.05, 0.1) is 0 Å². The summed E-state index contributed by atoms with van der Waals surface area (Å²) in [6.07, 6.45) is 0. The maximum absolute atomic E-state index is 2.01. The molecule has 0 aromatic carbocycles. The van der Waals surface area contributed by atoms with Gasteiger partial charge in [-0.3, -0.25) is 0 Å². The summed E-state index contributed by atoms with van der Waals surface area (Å²) in [7, 11) is 0. The van der Waals surface area contributed by atoms with Crippen LogP contribution >= 0.6 is 0 Å². The van der Waals surface area contributed by atoms with Gasteiger partial charge >= 0.3 is 81.8 Å². The van der Waals surface area contributed by atoms with E-state index in [0.717, 1.165) is 0 Å². The van der Waals surface area contributed by atoms with Gasteiger partial charge in [-0.25, -0.2) is 0 Å². The van der Waals surface area contributed by atoms with Crippen LogP contribution in [0, 0.1) is 0 Å². The molecule has 0 aliphatic carbocycles. The topological polar surface area (TPSA) is 0 Å². The molecule has 0 spiro atoms. The second-order valence-corrected chi connectivity index (χ2v) is 0. The third-order valence-electron chi connectivity index (χ3n) is 0. The van der Waals surface area contributed by atoms with Crippen LogP contribution in [0.5, 0.6) is 0 Å². The van der Waals surface area contributed by atoms with Crippen molar-refractivity contribution < 1.29 is 16.8 Å². The Morgan fingerprint density at radius 1 is 1.25 bits per heavy atom. The summed E-state index contributed by atoms with van der Waals surface area (Å²) in [5.41, 5.74) is 0. The second-order valence-electron chi connectivity index (χ2n) is 0. The molecule has 0 fully saturated rings. The zero-order chi connectivity index (χ0) is 2.00. The van der Waals surface area contributed by atoms with Crippen molar-refractivity contribution in [3.05, 3.63) is 0 Å². The zero-order valence-electron chi connectivity index (χ0n) is 1.62. The summed E-state index contributed by atoms with van der Waals surface area (Å²) < 4.78 is 0. The second kappa shape index (κ2) is 16.6. The normalized spacial score (nSPS) is 1.00. The third kappa shape index (κ3) is 8.90. The van der Waals surface area contributed by atoms with E-state index in [0.29, 0.717) is 0 Å². The van der Waals surface area contributed by atoms with E-state index < -0.39 is 0 Å². The number of rotatable bonds is 0. The van der Waals surface area contributed by atoms with Crippen molar-refractivity contribution in [1.29, 1.82) is 0 Å². The molecular weight excluding hydrogens is 390 g/mol. The van der Waals surface area contributed by atoms with Crippen LogP contribution in [0.15, 0.2) is 0 Å². The minimum atomic E-state index is 0. The van der Waals surface area contributed by atoms with Crippen LogP contribution in [0.2, 0.25) is 0 Å². The Morgan fingerprint density at radius 2 is 1.25 bits per heavy atom. The predicted molar refractivity (Wildman–Crippen MR) is 21.4 cm³/mol. The molecule has 0 saturated heterocycles. The van der Waals surface area contributed by atoms with Crippen molar-refractivity contribution >= 4 is 65.1 Å². The molecule has 0 unspecified atom stereocenters. The molecule has 0 nitrogen and oxygen atoms in total. The maximum atomic E-state index is 2.01. The van der Waals surface area contributed by atoms with Gasteiger partial charge in [0.25, 0.3) is 0 Å². The molecule has 18 valence electrons. The summed E-state index contributed by atoms with van der Waals surface area (Å²) in [4.78, 5) is 0. The molecule has 0 aromatic heterocycles. The molecule has 0 saturated carbocycles. The average Bonchev–Trinajstić information content (AvgIpc) is 1.00. The van der Waals surface area contributed by atoms with Gasteiger partial charge in [-0.1, -0.05) is 0 Å². The Hall–Kier alpha value is 3.02. The van der Waals surface area contributed by atoms with E-state index in [9.17, 15) is 0 Å². The van der Waals surface area contributed by atoms with Gasteiger partial charge in [0.2, 0.25) is 0 Å². The first kappa shape index (κ1) is 15.7. The molecule has 0 atom stereocenters. The van der Waals surface area contributed by atoms with Crippen molar-refractivity contribution in [1.82, 2.24) is 0 Å². The Labute approximate surface area is 80.1 Å². The summed E-state index contributed by atoms with van der Waals surface area (Å²) in [5.74, 6) is 0. The van der Waals surface area contributed by atoms with E-state index in [1.165, 1.54) is 0 Å². The van der Waals surface area contributed by atoms with Gasteiger partial charge in [-0.05, 0) is 0 Å². The summed E-state index contributed by atoms with van der Waals surface area (Å²) in [5, 5.41) is 0. The first-order chi connectivity index (χ1) is 1.00. The Morgan fingerprint density at radius 3 is 1.25 bits per heavy atom. The molecule has 0 aliphatic rings. The fraction of sp³-hybridized carbons (Fsp3) is 0. The summed E-state index contributed by atoms with van der Waals surface area (Å²) in [6, 6.07) is 0. The van der Waals surface area contributed by atoms with E-state index in [-0.39, 0.29) is 46.2 Å². The van der Waals surface area contributed by atoms with Gasteiger partial charge in [-0.15, -0.1) is 0 Å². The van der Waals surface area contributed by atoms with Crippen LogP contribution < -0.4 is 0 Å². The minimum absolute atomic E-state index is 0. The quantitative estimate of drug-likeness (QED) is 0.421. The summed E-state index contributed by atoms with van der Waals surface area (Å²) in [6.45, 7) is 0. The van der Waals surface area contributed by atoms with Gasteiger partial charge in [0.15, 0.2) is 0 Å². The third-order valence-corrected chi connectivity index (χ3v) is 0. The molecule has 4 heavy (non-hydrogen) atoms. The van der Waals surface area contributed by atoms with Crippen LogP contribution in [0.4, 0.5) is 0 Å². The standard InChI is InChI=1S/Li.Pb.Te.Ti.3H. The first-order valence-electron chi connectivity index (χ1n) is 0.204. The Kier molecular flexibility index (Phi) is 65.4. The van der Waals surface area contributed by atoms with Crippen molar-refractivity contribution in [2.24, 2.45) is 0 Å². The zero-order valence-corrected chi connectivity index (χ0v) is 11.0. The van der Waals surface area contributed by atoms with Crippen LogP contribution in [0.25, 0.3) is 0 Å². The van der Waals surface area contributed by atoms with Crippen LogP contribution in [0.3, 0.4) is 0 Å². The monoisotopic (exact) mass is 396 g/mol. The van der Waals surface area contributed by atoms with Crippen molar-refractivity contribution in [2.75, 3.05) is 0 Å². The van der Waals surface area contributed by atoms with E-state index >= 15 is 0 Å². The van der Waals surface area contributed by atoms with Crippen LogP contribution in [-0.2, 0) is 16.8 Å². The molecule has 0 heterocycles. The molecule has 0 aliphatic heterocycles. The molecule has 0 aromatic rings. The molecule has 0 amide bonds. The van der Waals surface area contributed by atoms with Crippen LogP contribution in [-0.4, -0.2) is 65.1 Å². The van der Waals surface area contributed by atoms with Crippen LogP contribution in [0.1, 0.15) is 0 Å². The predicted octanol–water partition coefficient (Wildman–Crippen LogP) is -1.95.